The molecule has 2 atom stereocenters. The molecule has 10 heteroatoms. The second kappa shape index (κ2) is 7.56. The number of anilines is 1. The van der Waals surface area contributed by atoms with Crippen molar-refractivity contribution in [2.75, 3.05) is 18.1 Å². The van der Waals surface area contributed by atoms with Gasteiger partial charge in [-0.15, -0.1) is 5.10 Å². The number of hydrazone groups is 1. The summed E-state index contributed by atoms with van der Waals surface area (Å²) in [6.45, 7) is 3.21. The van der Waals surface area contributed by atoms with Crippen LogP contribution in [0.5, 0.6) is 11.5 Å². The number of amidine groups is 1. The maximum Gasteiger partial charge on any atom is 0.270 e. The predicted octanol–water partition coefficient (Wildman–Crippen LogP) is 2.03. The summed E-state index contributed by atoms with van der Waals surface area (Å²) in [4.78, 5) is 38.2. The van der Waals surface area contributed by atoms with Crippen LogP contribution >= 0.6 is 11.8 Å². The second-order valence-corrected chi connectivity index (χ2v) is 8.78. The standard InChI is InChI=1S/C22H20N4O5S/c1-13(27)23-21-24-26(14(2)28)22(32-21)16-7-3-4-8-17(16)25(20(22)29)11-15-12-30-18-9-5-6-10-19(18)31-15/h3-10,15H,11-12H2,1-2H3,(H,23,24,27). The van der Waals surface area contributed by atoms with Crippen LogP contribution in [0.2, 0.25) is 0 Å². The van der Waals surface area contributed by atoms with Crippen molar-refractivity contribution in [1.82, 2.24) is 10.3 Å². The number of para-hydroxylation sites is 3. The summed E-state index contributed by atoms with van der Waals surface area (Å²) in [6, 6.07) is 14.6. The highest BCUT2D eigenvalue weighted by molar-refractivity contribution is 8.15. The molecule has 3 heterocycles. The van der Waals surface area contributed by atoms with Gasteiger partial charge in [-0.1, -0.05) is 30.3 Å². The Kier molecular flexibility index (Phi) is 4.81. The molecule has 3 aliphatic rings. The molecular weight excluding hydrogens is 432 g/mol. The SMILES string of the molecule is CC(=O)NC1=NN(C(C)=O)C2(S1)C(=O)N(CC1COc3ccccc3O1)c1ccccc12. The lowest BCUT2D eigenvalue weighted by Crippen LogP contribution is -2.51. The zero-order valence-corrected chi connectivity index (χ0v) is 18.2. The van der Waals surface area contributed by atoms with Crippen molar-refractivity contribution in [3.8, 4) is 11.5 Å². The van der Waals surface area contributed by atoms with Gasteiger partial charge in [0, 0.05) is 19.4 Å². The first kappa shape index (κ1) is 20.4. The predicted molar refractivity (Wildman–Crippen MR) is 118 cm³/mol. The van der Waals surface area contributed by atoms with Crippen molar-refractivity contribution >= 4 is 40.3 Å². The van der Waals surface area contributed by atoms with Gasteiger partial charge in [0.25, 0.3) is 5.91 Å². The molecule has 3 amide bonds. The van der Waals surface area contributed by atoms with E-state index in [9.17, 15) is 14.4 Å². The number of carbonyl (C=O) groups is 3. The van der Waals surface area contributed by atoms with E-state index in [2.05, 4.69) is 10.4 Å². The van der Waals surface area contributed by atoms with Gasteiger partial charge in [-0.2, -0.15) is 5.01 Å². The van der Waals surface area contributed by atoms with Crippen molar-refractivity contribution in [3.05, 3.63) is 54.1 Å². The number of hydrogen-bond donors (Lipinski definition) is 1. The van der Waals surface area contributed by atoms with E-state index >= 15 is 0 Å². The van der Waals surface area contributed by atoms with Gasteiger partial charge in [0.05, 0.1) is 12.2 Å². The number of hydrogen-bond acceptors (Lipinski definition) is 7. The van der Waals surface area contributed by atoms with E-state index in [1.54, 1.807) is 11.0 Å². The monoisotopic (exact) mass is 452 g/mol. The van der Waals surface area contributed by atoms with Crippen molar-refractivity contribution in [3.63, 3.8) is 0 Å². The zero-order chi connectivity index (χ0) is 22.5. The Balaban J connectivity index is 1.49. The lowest BCUT2D eigenvalue weighted by Gasteiger charge is -2.32. The molecule has 0 saturated heterocycles. The number of nitrogens with zero attached hydrogens (tertiary/aromatic N) is 3. The van der Waals surface area contributed by atoms with Crippen molar-refractivity contribution in [2.45, 2.75) is 24.8 Å². The molecule has 2 aromatic rings. The third kappa shape index (κ3) is 3.10. The van der Waals surface area contributed by atoms with E-state index in [1.165, 1.54) is 13.8 Å². The first-order valence-corrected chi connectivity index (χ1v) is 10.9. The maximum absolute atomic E-state index is 13.9. The Labute approximate surface area is 188 Å². The summed E-state index contributed by atoms with van der Waals surface area (Å²) in [5, 5.41) is 8.20. The van der Waals surface area contributed by atoms with Gasteiger partial charge >= 0.3 is 0 Å². The van der Waals surface area contributed by atoms with Gasteiger partial charge in [-0.05, 0) is 30.0 Å². The molecule has 164 valence electrons. The zero-order valence-electron chi connectivity index (χ0n) is 17.4. The summed E-state index contributed by atoms with van der Waals surface area (Å²) in [7, 11) is 0. The lowest BCUT2D eigenvalue weighted by molar-refractivity contribution is -0.139. The Hall–Kier alpha value is -3.53. The van der Waals surface area contributed by atoms with Gasteiger partial charge < -0.3 is 19.7 Å². The number of nitrogens with one attached hydrogen (secondary N) is 1. The highest BCUT2D eigenvalue weighted by Crippen LogP contribution is 2.54. The Morgan fingerprint density at radius 3 is 2.62 bits per heavy atom. The Bertz CT molecular complexity index is 1170. The largest absolute Gasteiger partial charge is 0.486 e. The van der Waals surface area contributed by atoms with Gasteiger partial charge in [-0.3, -0.25) is 14.4 Å². The van der Waals surface area contributed by atoms with Crippen LogP contribution < -0.4 is 19.7 Å². The normalized spacial score (nSPS) is 23.2. The molecule has 1 spiro atoms. The quantitative estimate of drug-likeness (QED) is 0.748. The van der Waals surface area contributed by atoms with Crippen LogP contribution in [0.25, 0.3) is 0 Å². The molecule has 0 aliphatic carbocycles. The molecule has 2 aromatic carbocycles. The van der Waals surface area contributed by atoms with E-state index < -0.39 is 16.9 Å². The van der Waals surface area contributed by atoms with Gasteiger partial charge in [0.15, 0.2) is 22.8 Å². The van der Waals surface area contributed by atoms with E-state index in [1.807, 2.05) is 42.5 Å². The van der Waals surface area contributed by atoms with Crippen LogP contribution in [0.4, 0.5) is 5.69 Å². The number of carbonyl (C=O) groups excluding carboxylic acids is 3. The number of thioether (sulfide) groups is 1. The minimum atomic E-state index is -1.42. The van der Waals surface area contributed by atoms with E-state index in [-0.39, 0.29) is 30.1 Å². The van der Waals surface area contributed by atoms with Crippen molar-refractivity contribution < 1.29 is 23.9 Å². The maximum atomic E-state index is 13.9. The summed E-state index contributed by atoms with van der Waals surface area (Å²) < 4.78 is 11.9. The third-order valence-electron chi connectivity index (χ3n) is 5.36. The van der Waals surface area contributed by atoms with Crippen molar-refractivity contribution in [1.29, 1.82) is 0 Å². The number of fused-ring (bicyclic) bond motifs is 3. The Morgan fingerprint density at radius 1 is 1.16 bits per heavy atom. The van der Waals surface area contributed by atoms with Crippen LogP contribution in [-0.4, -0.2) is 47.2 Å². The smallest absolute Gasteiger partial charge is 0.270 e. The van der Waals surface area contributed by atoms with Crippen LogP contribution in [0.3, 0.4) is 0 Å². The molecule has 5 rings (SSSR count). The van der Waals surface area contributed by atoms with Crippen LogP contribution in [-0.2, 0) is 19.3 Å². The fraction of sp³-hybridized carbons (Fsp3) is 0.273. The molecule has 0 fully saturated rings. The average molecular weight is 452 g/mol. The minimum absolute atomic E-state index is 0.198. The molecule has 0 aromatic heterocycles. The second-order valence-electron chi connectivity index (χ2n) is 7.59. The summed E-state index contributed by atoms with van der Waals surface area (Å²) >= 11 is 1.05. The first-order chi connectivity index (χ1) is 15.4. The molecule has 0 radical (unpaired) electrons. The lowest BCUT2D eigenvalue weighted by atomic mass is 10.1. The molecule has 0 bridgehead atoms. The van der Waals surface area contributed by atoms with Crippen LogP contribution in [0, 0.1) is 0 Å². The topological polar surface area (TPSA) is 101 Å². The molecule has 32 heavy (non-hydrogen) atoms. The third-order valence-corrected chi connectivity index (χ3v) is 6.60. The van der Waals surface area contributed by atoms with Gasteiger partial charge in [0.2, 0.25) is 16.7 Å². The van der Waals surface area contributed by atoms with E-state index in [0.29, 0.717) is 22.7 Å². The number of amides is 3. The average Bonchev–Trinajstić information content (AvgIpc) is 3.26. The molecule has 0 saturated carbocycles. The fourth-order valence-corrected chi connectivity index (χ4v) is 5.44. The van der Waals surface area contributed by atoms with E-state index in [4.69, 9.17) is 9.47 Å². The fourth-order valence-electron chi connectivity index (χ4n) is 4.10. The summed E-state index contributed by atoms with van der Waals surface area (Å²) in [6.07, 6.45) is -0.398. The summed E-state index contributed by atoms with van der Waals surface area (Å²) in [5.74, 6) is 0.212. The number of ether oxygens (including phenoxy) is 2. The van der Waals surface area contributed by atoms with Crippen LogP contribution in [0.1, 0.15) is 19.4 Å². The van der Waals surface area contributed by atoms with Gasteiger partial charge in [-0.25, -0.2) is 0 Å². The molecule has 9 nitrogen and oxygen atoms in total. The van der Waals surface area contributed by atoms with E-state index in [0.717, 1.165) is 16.8 Å². The Morgan fingerprint density at radius 2 is 1.88 bits per heavy atom. The molecule has 2 unspecified atom stereocenters. The number of benzene rings is 2. The summed E-state index contributed by atoms with van der Waals surface area (Å²) in [5.41, 5.74) is 1.30. The molecule has 1 N–H and O–H groups in total. The van der Waals surface area contributed by atoms with Crippen molar-refractivity contribution in [2.24, 2.45) is 5.10 Å². The van der Waals surface area contributed by atoms with Gasteiger partial charge in [0.1, 0.15) is 6.61 Å². The highest BCUT2D eigenvalue weighted by atomic mass is 32.2. The molecule has 3 aliphatic heterocycles. The number of rotatable bonds is 2. The van der Waals surface area contributed by atoms with Crippen LogP contribution in [0.15, 0.2) is 53.6 Å². The highest BCUT2D eigenvalue weighted by Gasteiger charge is 2.61. The first-order valence-electron chi connectivity index (χ1n) is 10.1. The molecular formula is C22H20N4O5S. The minimum Gasteiger partial charge on any atom is -0.486 e.